The highest BCUT2D eigenvalue weighted by molar-refractivity contribution is 7.93. The molecular weight excluding hydrogens is 579 g/mol. The monoisotopic (exact) mass is 612 g/mol. The number of ether oxygens (including phenoxy) is 1. The van der Waals surface area contributed by atoms with Crippen LogP contribution in [0, 0.1) is 0 Å². The van der Waals surface area contributed by atoms with Crippen LogP contribution in [0.4, 0.5) is 5.69 Å². The summed E-state index contributed by atoms with van der Waals surface area (Å²) in [6.45, 7) is 3.58. The molecule has 1 fully saturated rings. The van der Waals surface area contributed by atoms with Crippen LogP contribution in [0.25, 0.3) is 0 Å². The maximum atomic E-state index is 13.9. The second-order valence-corrected chi connectivity index (χ2v) is 13.7. The molecule has 0 radical (unpaired) electrons. The van der Waals surface area contributed by atoms with Crippen LogP contribution in [0.1, 0.15) is 31.2 Å². The van der Waals surface area contributed by atoms with Crippen molar-refractivity contribution in [1.82, 2.24) is 4.90 Å². The molecule has 0 unspecified atom stereocenters. The van der Waals surface area contributed by atoms with Gasteiger partial charge in [-0.05, 0) is 74.8 Å². The van der Waals surface area contributed by atoms with E-state index < -0.39 is 19.9 Å². The van der Waals surface area contributed by atoms with Gasteiger partial charge in [0.15, 0.2) is 9.84 Å². The summed E-state index contributed by atoms with van der Waals surface area (Å²) in [5.41, 5.74) is 0.705. The van der Waals surface area contributed by atoms with Crippen LogP contribution in [0.15, 0.2) is 82.6 Å². The zero-order chi connectivity index (χ0) is 27.2. The molecule has 4 rings (SSSR count). The summed E-state index contributed by atoms with van der Waals surface area (Å²) >= 11 is 6.00. The van der Waals surface area contributed by atoms with Crippen molar-refractivity contribution in [3.8, 4) is 5.75 Å². The molecule has 0 spiro atoms. The van der Waals surface area contributed by atoms with Gasteiger partial charge in [0.2, 0.25) is 0 Å². The molecule has 3 aromatic rings. The van der Waals surface area contributed by atoms with Gasteiger partial charge in [-0.1, -0.05) is 48.4 Å². The summed E-state index contributed by atoms with van der Waals surface area (Å²) in [5.74, 6) is 0.569. The van der Waals surface area contributed by atoms with Gasteiger partial charge < -0.3 is 9.64 Å². The molecule has 0 amide bonds. The van der Waals surface area contributed by atoms with Crippen molar-refractivity contribution in [3.05, 3.63) is 83.4 Å². The van der Waals surface area contributed by atoms with E-state index in [2.05, 4.69) is 4.90 Å². The van der Waals surface area contributed by atoms with Gasteiger partial charge in [-0.15, -0.1) is 12.4 Å². The van der Waals surface area contributed by atoms with Gasteiger partial charge in [0.1, 0.15) is 5.75 Å². The largest absolute Gasteiger partial charge is 0.493 e. The van der Waals surface area contributed by atoms with Crippen molar-refractivity contribution in [1.29, 1.82) is 0 Å². The summed E-state index contributed by atoms with van der Waals surface area (Å²) in [6, 6.07) is 19.2. The first-order valence-corrected chi connectivity index (χ1v) is 16.4. The molecule has 1 aliphatic rings. The molecule has 1 heterocycles. The van der Waals surface area contributed by atoms with Crippen molar-refractivity contribution in [2.24, 2.45) is 0 Å². The quantitative estimate of drug-likeness (QED) is 0.254. The molecule has 0 aliphatic carbocycles. The van der Waals surface area contributed by atoms with Gasteiger partial charge in [-0.25, -0.2) is 16.8 Å². The smallest absolute Gasteiger partial charge is 0.264 e. The number of sulfonamides is 1. The van der Waals surface area contributed by atoms with E-state index in [0.717, 1.165) is 36.6 Å². The van der Waals surface area contributed by atoms with E-state index in [1.807, 2.05) is 18.2 Å². The number of halogens is 2. The lowest BCUT2D eigenvalue weighted by atomic mass is 10.1. The van der Waals surface area contributed by atoms with Crippen LogP contribution >= 0.6 is 24.0 Å². The first-order valence-electron chi connectivity index (χ1n) is 12.7. The molecule has 0 saturated carbocycles. The van der Waals surface area contributed by atoms with Gasteiger partial charge in [0.05, 0.1) is 28.6 Å². The van der Waals surface area contributed by atoms with Gasteiger partial charge in [0.25, 0.3) is 10.0 Å². The summed E-state index contributed by atoms with van der Waals surface area (Å²) in [6.07, 6.45) is 5.68. The minimum Gasteiger partial charge on any atom is -0.493 e. The third-order valence-electron chi connectivity index (χ3n) is 6.55. The van der Waals surface area contributed by atoms with Crippen molar-refractivity contribution in [2.75, 3.05) is 36.8 Å². The van der Waals surface area contributed by atoms with Crippen LogP contribution in [-0.4, -0.2) is 54.2 Å². The zero-order valence-corrected chi connectivity index (χ0v) is 25.0. The van der Waals surface area contributed by atoms with Crippen LogP contribution in [0.5, 0.6) is 5.75 Å². The van der Waals surface area contributed by atoms with E-state index >= 15 is 0 Å². The average Bonchev–Trinajstić information content (AvgIpc) is 2.90. The van der Waals surface area contributed by atoms with Crippen LogP contribution in [0.3, 0.4) is 0 Å². The fourth-order valence-electron chi connectivity index (χ4n) is 4.59. The lowest BCUT2D eigenvalue weighted by Gasteiger charge is -2.27. The highest BCUT2D eigenvalue weighted by Crippen LogP contribution is 2.33. The van der Waals surface area contributed by atoms with E-state index in [1.54, 1.807) is 18.2 Å². The number of hydrogen-bond acceptors (Lipinski definition) is 6. The molecule has 0 N–H and O–H groups in total. The van der Waals surface area contributed by atoms with E-state index in [0.29, 0.717) is 22.9 Å². The molecule has 1 saturated heterocycles. The van der Waals surface area contributed by atoms with E-state index in [1.165, 1.54) is 55.7 Å². The van der Waals surface area contributed by atoms with Crippen molar-refractivity contribution < 1.29 is 21.6 Å². The van der Waals surface area contributed by atoms with Crippen LogP contribution in [0.2, 0.25) is 5.02 Å². The lowest BCUT2D eigenvalue weighted by Crippen LogP contribution is -2.32. The van der Waals surface area contributed by atoms with E-state index in [4.69, 9.17) is 16.3 Å². The number of sulfone groups is 1. The first-order chi connectivity index (χ1) is 18.2. The minimum atomic E-state index is -4.16. The first kappa shape index (κ1) is 31.2. The highest BCUT2D eigenvalue weighted by atomic mass is 35.5. The molecule has 0 bridgehead atoms. The number of likely N-dealkylation sites (tertiary alicyclic amines) is 1. The third kappa shape index (κ3) is 8.11. The fourth-order valence-corrected chi connectivity index (χ4v) is 7.12. The number of piperidine rings is 1. The molecule has 0 atom stereocenters. The topological polar surface area (TPSA) is 84.0 Å². The Bertz CT molecular complexity index is 1440. The fraction of sp³-hybridized carbons (Fsp3) is 0.357. The Morgan fingerprint density at radius 3 is 2.21 bits per heavy atom. The number of para-hydroxylation sites is 2. The number of nitrogens with zero attached hydrogens (tertiary/aromatic N) is 2. The summed E-state index contributed by atoms with van der Waals surface area (Å²) in [7, 11) is -7.88. The lowest BCUT2D eigenvalue weighted by molar-refractivity contribution is 0.204. The maximum absolute atomic E-state index is 13.9. The van der Waals surface area contributed by atoms with Gasteiger partial charge in [0, 0.05) is 23.4 Å². The molecule has 1 aliphatic heterocycles. The van der Waals surface area contributed by atoms with E-state index in [-0.39, 0.29) is 34.4 Å². The predicted octanol–water partition coefficient (Wildman–Crippen LogP) is 5.82. The van der Waals surface area contributed by atoms with Crippen LogP contribution < -0.4 is 9.04 Å². The molecular formula is C28H34Cl2N2O5S2. The number of anilines is 1. The Balaban J connectivity index is 0.00000420. The molecule has 11 heteroatoms. The molecule has 39 heavy (non-hydrogen) atoms. The molecule has 3 aromatic carbocycles. The van der Waals surface area contributed by atoms with Gasteiger partial charge >= 0.3 is 0 Å². The second-order valence-electron chi connectivity index (χ2n) is 9.42. The van der Waals surface area contributed by atoms with Gasteiger partial charge in [-0.3, -0.25) is 4.31 Å². The number of hydrogen-bond donors (Lipinski definition) is 0. The minimum absolute atomic E-state index is 0. The maximum Gasteiger partial charge on any atom is 0.264 e. The van der Waals surface area contributed by atoms with E-state index in [9.17, 15) is 16.8 Å². The highest BCUT2D eigenvalue weighted by Gasteiger charge is 2.30. The number of rotatable bonds is 11. The summed E-state index contributed by atoms with van der Waals surface area (Å²) in [5, 5.41) is 0.398. The third-order valence-corrected chi connectivity index (χ3v) is 9.72. The summed E-state index contributed by atoms with van der Waals surface area (Å²) in [4.78, 5) is 2.38. The standard InChI is InChI=1S/C28H33ClN2O5S2.ClH/c1-37(32,33)28-13-6-4-11-26(28)31(38(34,35)25-16-14-24(29)15-17-25)22-23-10-3-5-12-27(23)36-21-9-20-30-18-7-2-8-19-30;/h3-6,10-17H,2,7-9,18-22H2,1H3;1H. The second kappa shape index (κ2) is 13.9. The van der Waals surface area contributed by atoms with Gasteiger partial charge in [-0.2, -0.15) is 0 Å². The SMILES string of the molecule is CS(=O)(=O)c1ccccc1N(Cc1ccccc1OCCCN1CCCCC1)S(=O)(=O)c1ccc(Cl)cc1.Cl. The number of benzene rings is 3. The Hall–Kier alpha value is -2.30. The Labute approximate surface area is 243 Å². The van der Waals surface area contributed by atoms with Crippen molar-refractivity contribution in [3.63, 3.8) is 0 Å². The molecule has 0 aromatic heterocycles. The normalized spacial score (nSPS) is 14.4. The predicted molar refractivity (Wildman–Crippen MR) is 158 cm³/mol. The average molecular weight is 614 g/mol. The zero-order valence-electron chi connectivity index (χ0n) is 21.8. The van der Waals surface area contributed by atoms with Crippen molar-refractivity contribution >= 4 is 49.6 Å². The van der Waals surface area contributed by atoms with Crippen LogP contribution in [-0.2, 0) is 26.4 Å². The molecule has 212 valence electrons. The molecule has 7 nitrogen and oxygen atoms in total. The Kier molecular flexibility index (Phi) is 11.1. The summed E-state index contributed by atoms with van der Waals surface area (Å²) < 4.78 is 60.3. The Morgan fingerprint density at radius 1 is 0.872 bits per heavy atom. The van der Waals surface area contributed by atoms with Crippen molar-refractivity contribution in [2.45, 2.75) is 42.0 Å². The Morgan fingerprint density at radius 2 is 1.51 bits per heavy atom.